The molecule has 0 aromatic heterocycles. The molecule has 1 aliphatic rings. The van der Waals surface area contributed by atoms with Crippen molar-refractivity contribution >= 4 is 17.2 Å². The molecule has 2 rings (SSSR count). The predicted molar refractivity (Wildman–Crippen MR) is 73.5 cm³/mol. The molecular formula is C15H19NO2. The Hall–Kier alpha value is -1.61. The molecule has 3 nitrogen and oxygen atoms in total. The highest BCUT2D eigenvalue weighted by Gasteiger charge is 2.34. The molecule has 0 saturated carbocycles. The Morgan fingerprint density at radius 2 is 2.06 bits per heavy atom. The second kappa shape index (κ2) is 4.25. The first kappa shape index (κ1) is 12.8. The number of aryl methyl sites for hydroxylation is 1. The van der Waals surface area contributed by atoms with Crippen LogP contribution in [0.25, 0.3) is 5.57 Å². The van der Waals surface area contributed by atoms with Gasteiger partial charge in [0.15, 0.2) is 0 Å². The Morgan fingerprint density at radius 1 is 1.39 bits per heavy atom. The number of carbonyl (C=O) groups is 1. The minimum Gasteiger partial charge on any atom is -0.392 e. The number of carbonyl (C=O) groups excluding carboxylic acids is 1. The summed E-state index contributed by atoms with van der Waals surface area (Å²) in [5, 5.41) is 9.49. The fourth-order valence-corrected chi connectivity index (χ4v) is 2.68. The Kier molecular flexibility index (Phi) is 3.03. The quantitative estimate of drug-likeness (QED) is 0.826. The van der Waals surface area contributed by atoms with Crippen molar-refractivity contribution in [2.75, 3.05) is 11.5 Å². The summed E-state index contributed by atoms with van der Waals surface area (Å²) < 4.78 is 0. The molecule has 0 saturated heterocycles. The van der Waals surface area contributed by atoms with Gasteiger partial charge in [-0.2, -0.15) is 0 Å². The summed E-state index contributed by atoms with van der Waals surface area (Å²) in [7, 11) is 0. The monoisotopic (exact) mass is 245 g/mol. The number of aliphatic hydroxyl groups is 1. The molecule has 1 amide bonds. The third kappa shape index (κ3) is 1.95. The van der Waals surface area contributed by atoms with Gasteiger partial charge in [0.2, 0.25) is 5.91 Å². The number of aliphatic hydroxyl groups excluding tert-OH is 1. The summed E-state index contributed by atoms with van der Waals surface area (Å²) in [5.74, 6) is 0.0140. The third-order valence-corrected chi connectivity index (χ3v) is 3.33. The summed E-state index contributed by atoms with van der Waals surface area (Å²) >= 11 is 0. The zero-order chi connectivity index (χ0) is 13.5. The van der Waals surface area contributed by atoms with Gasteiger partial charge >= 0.3 is 0 Å². The average Bonchev–Trinajstić information content (AvgIpc) is 2.25. The zero-order valence-corrected chi connectivity index (χ0v) is 11.3. The molecule has 1 heterocycles. The lowest BCUT2D eigenvalue weighted by atomic mass is 9.87. The topological polar surface area (TPSA) is 40.5 Å². The molecule has 1 N–H and O–H groups in total. The number of anilines is 1. The Morgan fingerprint density at radius 3 is 2.61 bits per heavy atom. The van der Waals surface area contributed by atoms with Crippen LogP contribution in [0.15, 0.2) is 24.3 Å². The lowest BCUT2D eigenvalue weighted by Crippen LogP contribution is -2.48. The van der Waals surface area contributed by atoms with Gasteiger partial charge in [0.05, 0.1) is 17.8 Å². The van der Waals surface area contributed by atoms with E-state index in [1.54, 1.807) is 11.8 Å². The van der Waals surface area contributed by atoms with Crippen molar-refractivity contribution in [3.05, 3.63) is 35.4 Å². The van der Waals surface area contributed by atoms with E-state index in [0.29, 0.717) is 0 Å². The molecule has 0 aliphatic carbocycles. The molecule has 1 aromatic carbocycles. The first-order valence-corrected chi connectivity index (χ1v) is 6.11. The molecule has 96 valence electrons. The van der Waals surface area contributed by atoms with Gasteiger partial charge in [-0.05, 0) is 38.0 Å². The molecule has 0 fully saturated rings. The molecule has 3 heteroatoms. The van der Waals surface area contributed by atoms with E-state index in [1.807, 2.05) is 45.0 Å². The third-order valence-electron chi connectivity index (χ3n) is 3.33. The number of hydrogen-bond donors (Lipinski definition) is 1. The minimum absolute atomic E-state index is 0.00869. The zero-order valence-electron chi connectivity index (χ0n) is 11.3. The minimum atomic E-state index is -0.412. The van der Waals surface area contributed by atoms with Gasteiger partial charge in [-0.3, -0.25) is 4.79 Å². The van der Waals surface area contributed by atoms with Gasteiger partial charge in [0.1, 0.15) is 0 Å². The van der Waals surface area contributed by atoms with Crippen LogP contribution in [0.4, 0.5) is 5.69 Å². The van der Waals surface area contributed by atoms with Crippen molar-refractivity contribution in [1.29, 1.82) is 0 Å². The maximum Gasteiger partial charge on any atom is 0.224 e. The second-order valence-electron chi connectivity index (χ2n) is 5.36. The van der Waals surface area contributed by atoms with Gasteiger partial charge in [-0.1, -0.05) is 18.2 Å². The van der Waals surface area contributed by atoms with Crippen LogP contribution in [0, 0.1) is 6.92 Å². The average molecular weight is 245 g/mol. The van der Waals surface area contributed by atoms with Crippen LogP contribution in [0.1, 0.15) is 31.9 Å². The summed E-state index contributed by atoms with van der Waals surface area (Å²) in [6.07, 6.45) is 1.96. The summed E-state index contributed by atoms with van der Waals surface area (Å²) in [5.41, 5.74) is 3.41. The van der Waals surface area contributed by atoms with Crippen LogP contribution in [0.2, 0.25) is 0 Å². The maximum absolute atomic E-state index is 11.9. The summed E-state index contributed by atoms with van der Waals surface area (Å²) in [4.78, 5) is 13.7. The van der Waals surface area contributed by atoms with E-state index in [0.717, 1.165) is 22.4 Å². The normalized spacial score (nSPS) is 17.2. The molecule has 0 bridgehead atoms. The van der Waals surface area contributed by atoms with E-state index in [9.17, 15) is 9.90 Å². The fraction of sp³-hybridized carbons (Fsp3) is 0.400. The smallest absolute Gasteiger partial charge is 0.224 e. The molecule has 0 unspecified atom stereocenters. The van der Waals surface area contributed by atoms with Crippen LogP contribution in [0.3, 0.4) is 0 Å². The van der Waals surface area contributed by atoms with E-state index in [2.05, 4.69) is 0 Å². The molecular weight excluding hydrogens is 226 g/mol. The highest BCUT2D eigenvalue weighted by molar-refractivity contribution is 5.99. The van der Waals surface area contributed by atoms with Gasteiger partial charge in [-0.25, -0.2) is 0 Å². The number of fused-ring (bicyclic) bond motifs is 1. The molecule has 0 spiro atoms. The predicted octanol–water partition coefficient (Wildman–Crippen LogP) is 2.52. The van der Waals surface area contributed by atoms with E-state index in [1.165, 1.54) is 0 Å². The van der Waals surface area contributed by atoms with E-state index in [-0.39, 0.29) is 12.5 Å². The number of rotatable bonds is 1. The van der Waals surface area contributed by atoms with Crippen LogP contribution in [-0.4, -0.2) is 23.2 Å². The van der Waals surface area contributed by atoms with E-state index < -0.39 is 5.54 Å². The maximum atomic E-state index is 11.9. The molecule has 1 aliphatic heterocycles. The fourth-order valence-electron chi connectivity index (χ4n) is 2.68. The van der Waals surface area contributed by atoms with Gasteiger partial charge in [0.25, 0.3) is 0 Å². The standard InChI is InChI=1S/C15H19NO2/c1-10-5-6-13-12(9-17)8-15(3,4)16(11(2)18)14(13)7-10/h5-8,17H,9H2,1-4H3. The Bertz CT molecular complexity index is 529. The molecule has 0 radical (unpaired) electrons. The second-order valence-corrected chi connectivity index (χ2v) is 5.36. The van der Waals surface area contributed by atoms with Crippen molar-refractivity contribution in [3.63, 3.8) is 0 Å². The van der Waals surface area contributed by atoms with Gasteiger partial charge < -0.3 is 10.0 Å². The van der Waals surface area contributed by atoms with Crippen LogP contribution in [-0.2, 0) is 4.79 Å². The van der Waals surface area contributed by atoms with E-state index in [4.69, 9.17) is 0 Å². The lowest BCUT2D eigenvalue weighted by molar-refractivity contribution is -0.117. The Balaban J connectivity index is 2.70. The van der Waals surface area contributed by atoms with Crippen molar-refractivity contribution in [3.8, 4) is 0 Å². The SMILES string of the molecule is CC(=O)N1c2cc(C)ccc2C(CO)=CC1(C)C. The first-order valence-electron chi connectivity index (χ1n) is 6.11. The number of hydrogen-bond acceptors (Lipinski definition) is 2. The number of nitrogens with zero attached hydrogens (tertiary/aromatic N) is 1. The highest BCUT2D eigenvalue weighted by Crippen LogP contribution is 2.39. The first-order chi connectivity index (χ1) is 8.36. The van der Waals surface area contributed by atoms with Crippen LogP contribution >= 0.6 is 0 Å². The van der Waals surface area contributed by atoms with Crippen molar-refractivity contribution in [2.45, 2.75) is 33.2 Å². The number of amides is 1. The molecule has 18 heavy (non-hydrogen) atoms. The number of benzene rings is 1. The highest BCUT2D eigenvalue weighted by atomic mass is 16.3. The molecule has 1 aromatic rings. The van der Waals surface area contributed by atoms with Gasteiger partial charge in [0, 0.05) is 12.5 Å². The lowest BCUT2D eigenvalue weighted by Gasteiger charge is -2.41. The van der Waals surface area contributed by atoms with Gasteiger partial charge in [-0.15, -0.1) is 0 Å². The van der Waals surface area contributed by atoms with Crippen LogP contribution in [0.5, 0.6) is 0 Å². The summed E-state index contributed by atoms with van der Waals surface area (Å²) in [6.45, 7) is 7.53. The summed E-state index contributed by atoms with van der Waals surface area (Å²) in [6, 6.07) is 5.97. The van der Waals surface area contributed by atoms with Crippen LogP contribution < -0.4 is 4.90 Å². The largest absolute Gasteiger partial charge is 0.392 e. The molecule has 0 atom stereocenters. The van der Waals surface area contributed by atoms with Crippen molar-refractivity contribution < 1.29 is 9.90 Å². The Labute approximate surface area is 108 Å². The van der Waals surface area contributed by atoms with Crippen molar-refractivity contribution in [1.82, 2.24) is 0 Å². The van der Waals surface area contributed by atoms with Crippen molar-refractivity contribution in [2.24, 2.45) is 0 Å². The van der Waals surface area contributed by atoms with E-state index >= 15 is 0 Å².